The molecule has 0 radical (unpaired) electrons. The van der Waals surface area contributed by atoms with E-state index < -0.39 is 0 Å². The van der Waals surface area contributed by atoms with Gasteiger partial charge in [-0.3, -0.25) is 0 Å². The van der Waals surface area contributed by atoms with Crippen LogP contribution in [-0.2, 0) is 9.47 Å². The zero-order valence-corrected chi connectivity index (χ0v) is 9.05. The normalized spacial score (nSPS) is 16.8. The van der Waals surface area contributed by atoms with Crippen LogP contribution in [0.25, 0.3) is 0 Å². The number of unbranched alkanes of at least 4 members (excludes halogenated alkanes) is 1. The molecule has 3 heteroatoms. The van der Waals surface area contributed by atoms with Crippen LogP contribution in [0.5, 0.6) is 0 Å². The average molecular weight is 199 g/mol. The number of hydrogen-bond donors (Lipinski definition) is 1. The number of ether oxygens (including phenoxy) is 2. The van der Waals surface area contributed by atoms with Gasteiger partial charge in [-0.15, -0.1) is 0 Å². The molecular weight excluding hydrogens is 178 g/mol. The maximum Gasteiger partial charge on any atom is 0.0689 e. The van der Waals surface area contributed by atoms with E-state index >= 15 is 0 Å². The maximum absolute atomic E-state index is 5.35. The van der Waals surface area contributed by atoms with E-state index in [0.29, 0.717) is 0 Å². The molecule has 1 N–H and O–H groups in total. The first-order valence-corrected chi connectivity index (χ1v) is 5.39. The smallest absolute Gasteiger partial charge is 0.0689 e. The van der Waals surface area contributed by atoms with Crippen molar-refractivity contribution < 1.29 is 9.47 Å². The van der Waals surface area contributed by atoms with Gasteiger partial charge in [0.25, 0.3) is 0 Å². The predicted molar refractivity (Wildman–Crippen MR) is 57.5 cm³/mol. The molecule has 1 aliphatic rings. The molecule has 0 unspecified atom stereocenters. The van der Waals surface area contributed by atoms with Gasteiger partial charge in [-0.2, -0.15) is 0 Å². The lowest BCUT2D eigenvalue weighted by molar-refractivity contribution is 0.148. The highest BCUT2D eigenvalue weighted by Gasteiger charge is 2.02. The summed E-state index contributed by atoms with van der Waals surface area (Å²) in [5.74, 6) is 0. The fourth-order valence-electron chi connectivity index (χ4n) is 1.48. The quantitative estimate of drug-likeness (QED) is 0.496. The number of hydrogen-bond acceptors (Lipinski definition) is 3. The minimum absolute atomic E-state index is 0.811. The van der Waals surface area contributed by atoms with Gasteiger partial charge in [0.05, 0.1) is 13.2 Å². The van der Waals surface area contributed by atoms with Gasteiger partial charge < -0.3 is 14.8 Å². The molecule has 0 saturated heterocycles. The summed E-state index contributed by atoms with van der Waals surface area (Å²) in [5, 5.41) is 3.41. The summed E-state index contributed by atoms with van der Waals surface area (Å²) in [6.07, 6.45) is 5.67. The van der Waals surface area contributed by atoms with Crippen molar-refractivity contribution in [3.63, 3.8) is 0 Å². The van der Waals surface area contributed by atoms with Gasteiger partial charge in [0.2, 0.25) is 0 Å². The minimum atomic E-state index is 0.811. The van der Waals surface area contributed by atoms with E-state index in [1.165, 1.54) is 12.0 Å². The molecule has 0 aromatic rings. The van der Waals surface area contributed by atoms with E-state index in [2.05, 4.69) is 11.4 Å². The summed E-state index contributed by atoms with van der Waals surface area (Å²) < 4.78 is 10.3. The van der Waals surface area contributed by atoms with Crippen molar-refractivity contribution in [2.24, 2.45) is 0 Å². The van der Waals surface area contributed by atoms with E-state index in [0.717, 1.165) is 45.8 Å². The lowest BCUT2D eigenvalue weighted by Gasteiger charge is -2.14. The van der Waals surface area contributed by atoms with Crippen molar-refractivity contribution in [1.82, 2.24) is 5.32 Å². The summed E-state index contributed by atoms with van der Waals surface area (Å²) in [6, 6.07) is 0. The maximum atomic E-state index is 5.35. The Balaban J connectivity index is 1.90. The first kappa shape index (κ1) is 11.7. The third-order valence-corrected chi connectivity index (χ3v) is 2.29. The third kappa shape index (κ3) is 5.37. The Hall–Kier alpha value is -0.380. The Morgan fingerprint density at radius 2 is 2.43 bits per heavy atom. The minimum Gasteiger partial charge on any atom is -0.385 e. The second-order valence-electron chi connectivity index (χ2n) is 3.58. The second kappa shape index (κ2) is 7.97. The van der Waals surface area contributed by atoms with E-state index in [1.807, 2.05) is 0 Å². The van der Waals surface area contributed by atoms with Gasteiger partial charge in [-0.25, -0.2) is 0 Å². The summed E-state index contributed by atoms with van der Waals surface area (Å²) >= 11 is 0. The molecule has 1 aliphatic heterocycles. The number of rotatable bonds is 7. The fourth-order valence-corrected chi connectivity index (χ4v) is 1.48. The molecular formula is C11H21NO2. The first-order valence-electron chi connectivity index (χ1n) is 5.39. The Bertz CT molecular complexity index is 169. The summed E-state index contributed by atoms with van der Waals surface area (Å²) in [7, 11) is 1.75. The van der Waals surface area contributed by atoms with Crippen LogP contribution < -0.4 is 5.32 Å². The molecule has 0 atom stereocenters. The number of methoxy groups -OCH3 is 1. The summed E-state index contributed by atoms with van der Waals surface area (Å²) in [6.45, 7) is 4.61. The highest BCUT2D eigenvalue weighted by atomic mass is 16.5. The van der Waals surface area contributed by atoms with Gasteiger partial charge in [-0.1, -0.05) is 6.08 Å². The third-order valence-electron chi connectivity index (χ3n) is 2.29. The van der Waals surface area contributed by atoms with Crippen molar-refractivity contribution in [3.05, 3.63) is 11.6 Å². The van der Waals surface area contributed by atoms with Crippen LogP contribution in [0.4, 0.5) is 0 Å². The zero-order chi connectivity index (χ0) is 10.1. The van der Waals surface area contributed by atoms with Crippen molar-refractivity contribution in [2.75, 3.05) is 40.0 Å². The molecule has 0 spiro atoms. The molecule has 14 heavy (non-hydrogen) atoms. The zero-order valence-electron chi connectivity index (χ0n) is 9.05. The molecule has 0 fully saturated rings. The predicted octanol–water partition coefficient (Wildman–Crippen LogP) is 1.35. The van der Waals surface area contributed by atoms with E-state index in [9.17, 15) is 0 Å². The van der Waals surface area contributed by atoms with Crippen molar-refractivity contribution >= 4 is 0 Å². The van der Waals surface area contributed by atoms with Gasteiger partial charge in [0, 0.05) is 20.3 Å². The van der Waals surface area contributed by atoms with Crippen LogP contribution in [0.3, 0.4) is 0 Å². The highest BCUT2D eigenvalue weighted by molar-refractivity contribution is 5.06. The summed E-state index contributed by atoms with van der Waals surface area (Å²) in [4.78, 5) is 0. The van der Waals surface area contributed by atoms with E-state index in [1.54, 1.807) is 7.11 Å². The molecule has 0 aromatic heterocycles. The van der Waals surface area contributed by atoms with Crippen molar-refractivity contribution in [1.29, 1.82) is 0 Å². The highest BCUT2D eigenvalue weighted by Crippen LogP contribution is 2.03. The van der Waals surface area contributed by atoms with Gasteiger partial charge in [0.15, 0.2) is 0 Å². The van der Waals surface area contributed by atoms with Gasteiger partial charge in [0.1, 0.15) is 0 Å². The number of nitrogens with one attached hydrogen (secondary N) is 1. The molecule has 0 aliphatic carbocycles. The lowest BCUT2D eigenvalue weighted by Crippen LogP contribution is -2.22. The van der Waals surface area contributed by atoms with Crippen molar-refractivity contribution in [3.8, 4) is 0 Å². The second-order valence-corrected chi connectivity index (χ2v) is 3.58. The van der Waals surface area contributed by atoms with E-state index in [4.69, 9.17) is 9.47 Å². The molecule has 1 heterocycles. The monoisotopic (exact) mass is 199 g/mol. The van der Waals surface area contributed by atoms with Crippen LogP contribution in [0, 0.1) is 0 Å². The standard InChI is InChI=1S/C11H21NO2/c1-13-7-3-2-6-12-9-11-5-4-8-14-10-11/h5,12H,2-4,6-10H2,1H3. The molecule has 0 aromatic carbocycles. The van der Waals surface area contributed by atoms with Crippen LogP contribution in [0.2, 0.25) is 0 Å². The topological polar surface area (TPSA) is 30.5 Å². The van der Waals surface area contributed by atoms with Crippen LogP contribution >= 0.6 is 0 Å². The average Bonchev–Trinajstić information content (AvgIpc) is 2.25. The van der Waals surface area contributed by atoms with Crippen LogP contribution in [0.15, 0.2) is 11.6 Å². The van der Waals surface area contributed by atoms with Gasteiger partial charge in [-0.05, 0) is 31.4 Å². The SMILES string of the molecule is COCCCCNCC1=CCCOC1. The van der Waals surface area contributed by atoms with Gasteiger partial charge >= 0.3 is 0 Å². The fraction of sp³-hybridized carbons (Fsp3) is 0.818. The molecule has 1 rings (SSSR count). The van der Waals surface area contributed by atoms with Crippen LogP contribution in [0.1, 0.15) is 19.3 Å². The molecule has 0 bridgehead atoms. The van der Waals surface area contributed by atoms with Crippen molar-refractivity contribution in [2.45, 2.75) is 19.3 Å². The first-order chi connectivity index (χ1) is 6.93. The Morgan fingerprint density at radius 3 is 3.14 bits per heavy atom. The van der Waals surface area contributed by atoms with Crippen LogP contribution in [-0.4, -0.2) is 40.0 Å². The summed E-state index contributed by atoms with van der Waals surface area (Å²) in [5.41, 5.74) is 1.39. The molecule has 0 amide bonds. The Kier molecular flexibility index (Phi) is 6.66. The van der Waals surface area contributed by atoms with E-state index in [-0.39, 0.29) is 0 Å². The lowest BCUT2D eigenvalue weighted by atomic mass is 10.2. The Labute approximate surface area is 86.5 Å². The largest absolute Gasteiger partial charge is 0.385 e. The molecule has 0 saturated carbocycles. The Morgan fingerprint density at radius 1 is 1.50 bits per heavy atom. The molecule has 82 valence electrons. The molecule has 3 nitrogen and oxygen atoms in total.